The van der Waals surface area contributed by atoms with E-state index in [1.165, 1.54) is 13.2 Å². The van der Waals surface area contributed by atoms with Gasteiger partial charge in [0, 0.05) is 17.7 Å². The zero-order chi connectivity index (χ0) is 35.2. The third-order valence-electron chi connectivity index (χ3n) is 7.80. The highest BCUT2D eigenvalue weighted by Gasteiger charge is 2.27. The Bertz CT molecular complexity index is 1830. The van der Waals surface area contributed by atoms with Crippen LogP contribution in [0, 0.1) is 0 Å². The van der Waals surface area contributed by atoms with Crippen molar-refractivity contribution in [3.8, 4) is 22.6 Å². The van der Waals surface area contributed by atoms with Crippen molar-refractivity contribution in [3.63, 3.8) is 0 Å². The van der Waals surface area contributed by atoms with E-state index in [1.54, 1.807) is 6.08 Å². The fourth-order valence-electron chi connectivity index (χ4n) is 5.52. The first-order chi connectivity index (χ1) is 23.8. The number of rotatable bonds is 18. The van der Waals surface area contributed by atoms with Crippen molar-refractivity contribution in [1.29, 1.82) is 0 Å². The van der Waals surface area contributed by atoms with E-state index in [0.717, 1.165) is 32.7 Å². The van der Waals surface area contributed by atoms with E-state index in [2.05, 4.69) is 28.8 Å². The molecule has 0 spiro atoms. The molecule has 0 bridgehead atoms. The number of aliphatic imine (C=N–C) groups is 1. The van der Waals surface area contributed by atoms with E-state index in [-0.39, 0.29) is 25.4 Å². The second kappa shape index (κ2) is 17.9. The molecule has 4 aromatic rings. The summed E-state index contributed by atoms with van der Waals surface area (Å²) in [5, 5.41) is 9.30. The molecule has 11 nitrogen and oxygen atoms in total. The highest BCUT2D eigenvalue weighted by atomic mass is 16.5. The van der Waals surface area contributed by atoms with Crippen molar-refractivity contribution < 1.29 is 28.6 Å². The van der Waals surface area contributed by atoms with Crippen LogP contribution in [-0.4, -0.2) is 62.7 Å². The summed E-state index contributed by atoms with van der Waals surface area (Å²) in [7, 11) is 1.23. The average molecular weight is 666 g/mol. The maximum Gasteiger partial charge on any atom is 0.328 e. The van der Waals surface area contributed by atoms with Gasteiger partial charge in [0.25, 0.3) is 5.91 Å². The normalized spacial score (nSPS) is 11.9. The van der Waals surface area contributed by atoms with E-state index < -0.39 is 29.9 Å². The summed E-state index contributed by atoms with van der Waals surface area (Å²) in [6.45, 7) is 7.73. The lowest BCUT2D eigenvalue weighted by molar-refractivity contribution is -0.145. The number of nitrogens with two attached hydrogens (primary N) is 2. The van der Waals surface area contributed by atoms with Gasteiger partial charge in [-0.2, -0.15) is 0 Å². The minimum absolute atomic E-state index is 0.0268. The quantitative estimate of drug-likeness (QED) is 0.0388. The van der Waals surface area contributed by atoms with Crippen molar-refractivity contribution in [3.05, 3.63) is 98.1 Å². The van der Waals surface area contributed by atoms with E-state index >= 15 is 0 Å². The van der Waals surface area contributed by atoms with E-state index in [9.17, 15) is 14.4 Å². The SMILES string of the molecule is C=CCOc1ccc2ccccc2c1-c1c(OCC(=O)NC(CCCCN=C(N)N)C(=O)NC(CC=C)C(=O)OC)ccc2ccccc12. The molecule has 2 unspecified atom stereocenters. The molecule has 2 amide bonds. The summed E-state index contributed by atoms with van der Waals surface area (Å²) in [5.41, 5.74) is 12.4. The Morgan fingerprint density at radius 3 is 1.98 bits per heavy atom. The van der Waals surface area contributed by atoms with Gasteiger partial charge in [0.2, 0.25) is 5.91 Å². The highest BCUT2D eigenvalue weighted by molar-refractivity contribution is 6.09. The Morgan fingerprint density at radius 1 is 0.796 bits per heavy atom. The van der Waals surface area contributed by atoms with E-state index in [4.69, 9.17) is 25.7 Å². The molecule has 0 saturated carbocycles. The third kappa shape index (κ3) is 9.60. The molecular formula is C38H43N5O6. The maximum absolute atomic E-state index is 13.4. The summed E-state index contributed by atoms with van der Waals surface area (Å²) >= 11 is 0. The van der Waals surface area contributed by atoms with Crippen molar-refractivity contribution >= 4 is 45.3 Å². The van der Waals surface area contributed by atoms with Crippen LogP contribution < -0.4 is 31.6 Å². The van der Waals surface area contributed by atoms with Gasteiger partial charge in [-0.1, -0.05) is 79.4 Å². The number of nitrogens with one attached hydrogen (secondary N) is 2. The van der Waals surface area contributed by atoms with Gasteiger partial charge in [-0.05, 0) is 59.4 Å². The third-order valence-corrected chi connectivity index (χ3v) is 7.80. The van der Waals surface area contributed by atoms with Gasteiger partial charge in [-0.15, -0.1) is 6.58 Å². The number of carbonyl (C=O) groups excluding carboxylic acids is 3. The van der Waals surface area contributed by atoms with E-state index in [1.807, 2.05) is 72.8 Å². The number of esters is 1. The first kappa shape index (κ1) is 36.0. The van der Waals surface area contributed by atoms with Crippen LogP contribution in [0.25, 0.3) is 32.7 Å². The molecule has 4 aromatic carbocycles. The topological polar surface area (TPSA) is 167 Å². The van der Waals surface area contributed by atoms with Gasteiger partial charge in [0.1, 0.15) is 30.2 Å². The molecule has 0 aliphatic heterocycles. The number of methoxy groups -OCH3 is 1. The molecule has 0 aliphatic rings. The predicted octanol–water partition coefficient (Wildman–Crippen LogP) is 4.77. The molecule has 0 aromatic heterocycles. The number of fused-ring (bicyclic) bond motifs is 2. The smallest absolute Gasteiger partial charge is 0.328 e. The minimum Gasteiger partial charge on any atom is -0.489 e. The molecule has 0 heterocycles. The molecule has 256 valence electrons. The number of amides is 2. The van der Waals surface area contributed by atoms with Crippen LogP contribution >= 0.6 is 0 Å². The second-order valence-corrected chi connectivity index (χ2v) is 11.2. The number of unbranched alkanes of at least 4 members (excludes halogenated alkanes) is 1. The Hall–Kier alpha value is -5.84. The van der Waals surface area contributed by atoms with Crippen LogP contribution in [0.5, 0.6) is 11.5 Å². The summed E-state index contributed by atoms with van der Waals surface area (Å²) < 4.78 is 17.2. The Kier molecular flexibility index (Phi) is 13.2. The van der Waals surface area contributed by atoms with E-state index in [0.29, 0.717) is 37.5 Å². The van der Waals surface area contributed by atoms with Gasteiger partial charge >= 0.3 is 5.97 Å². The number of nitrogens with zero attached hydrogens (tertiary/aromatic N) is 1. The molecular weight excluding hydrogens is 622 g/mol. The van der Waals surface area contributed by atoms with Gasteiger partial charge in [0.15, 0.2) is 12.6 Å². The molecule has 0 saturated heterocycles. The number of hydrogen-bond acceptors (Lipinski definition) is 7. The van der Waals surface area contributed by atoms with Gasteiger partial charge in [-0.25, -0.2) is 4.79 Å². The van der Waals surface area contributed by atoms with Crippen molar-refractivity contribution in [2.75, 3.05) is 26.9 Å². The highest BCUT2D eigenvalue weighted by Crippen LogP contribution is 2.45. The van der Waals surface area contributed by atoms with Crippen LogP contribution in [0.15, 0.2) is 103 Å². The fourth-order valence-corrected chi connectivity index (χ4v) is 5.52. The standard InChI is InChI=1S/C38H43N5O6/c1-4-12-30(37(46)47-3)43-36(45)29(17-10-11-22-41-38(39)40)42-33(44)24-49-32-21-19-26-14-7-9-16-28(26)35(32)34-27-15-8-6-13-25(27)18-20-31(34)48-23-5-2/h4-9,13-16,18-21,29-30H,1-2,10-12,17,22-24H2,3H3,(H,42,44)(H,43,45)(H4,39,40,41). The molecule has 4 rings (SSSR count). The molecule has 6 N–H and O–H groups in total. The number of benzene rings is 4. The monoisotopic (exact) mass is 665 g/mol. The number of guanidine groups is 1. The molecule has 2 atom stereocenters. The van der Waals surface area contributed by atoms with Gasteiger partial charge in [0.05, 0.1) is 7.11 Å². The second-order valence-electron chi connectivity index (χ2n) is 11.2. The lowest BCUT2D eigenvalue weighted by Gasteiger charge is -2.22. The summed E-state index contributed by atoms with van der Waals surface area (Å²) in [6, 6.07) is 21.6. The van der Waals surface area contributed by atoms with Crippen LogP contribution in [0.1, 0.15) is 25.7 Å². The largest absolute Gasteiger partial charge is 0.489 e. The fraction of sp³-hybridized carbons (Fsp3) is 0.263. The van der Waals surface area contributed by atoms with Crippen LogP contribution in [0.3, 0.4) is 0 Å². The first-order valence-corrected chi connectivity index (χ1v) is 16.0. The summed E-state index contributed by atoms with van der Waals surface area (Å²) in [6.07, 6.45) is 4.70. The van der Waals surface area contributed by atoms with Crippen molar-refractivity contribution in [2.24, 2.45) is 16.5 Å². The van der Waals surface area contributed by atoms with Crippen LogP contribution in [-0.2, 0) is 19.1 Å². The molecule has 0 fully saturated rings. The zero-order valence-corrected chi connectivity index (χ0v) is 27.7. The lowest BCUT2D eigenvalue weighted by atomic mass is 9.92. The molecule has 11 heteroatoms. The number of carbonyl (C=O) groups is 3. The Balaban J connectivity index is 1.63. The lowest BCUT2D eigenvalue weighted by Crippen LogP contribution is -2.52. The average Bonchev–Trinajstić information content (AvgIpc) is 3.11. The van der Waals surface area contributed by atoms with Crippen LogP contribution in [0.4, 0.5) is 0 Å². The van der Waals surface area contributed by atoms with Gasteiger partial charge < -0.3 is 36.3 Å². The van der Waals surface area contributed by atoms with Crippen molar-refractivity contribution in [1.82, 2.24) is 10.6 Å². The van der Waals surface area contributed by atoms with Crippen LogP contribution in [0.2, 0.25) is 0 Å². The molecule has 49 heavy (non-hydrogen) atoms. The summed E-state index contributed by atoms with van der Waals surface area (Å²) in [5.74, 6) is -0.615. The summed E-state index contributed by atoms with van der Waals surface area (Å²) in [4.78, 5) is 43.0. The van der Waals surface area contributed by atoms with Crippen molar-refractivity contribution in [2.45, 2.75) is 37.8 Å². The predicted molar refractivity (Wildman–Crippen MR) is 193 cm³/mol. The zero-order valence-electron chi connectivity index (χ0n) is 27.7. The molecule has 0 radical (unpaired) electrons. The van der Waals surface area contributed by atoms with Gasteiger partial charge in [-0.3, -0.25) is 14.6 Å². The number of hydrogen-bond donors (Lipinski definition) is 4. The maximum atomic E-state index is 13.4. The minimum atomic E-state index is -0.972. The Labute approximate surface area is 286 Å². The Morgan fingerprint density at radius 2 is 1.41 bits per heavy atom. The number of ether oxygens (including phenoxy) is 3. The first-order valence-electron chi connectivity index (χ1n) is 16.0. The molecule has 0 aliphatic carbocycles.